The summed E-state index contributed by atoms with van der Waals surface area (Å²) in [5, 5.41) is 0.312. The fourth-order valence-electron chi connectivity index (χ4n) is 3.07. The first-order chi connectivity index (χ1) is 15.5. The number of carbonyl (C=O) groups excluding carboxylic acids is 1. The highest BCUT2D eigenvalue weighted by molar-refractivity contribution is 7.92. The van der Waals surface area contributed by atoms with Crippen molar-refractivity contribution < 1.29 is 13.2 Å². The summed E-state index contributed by atoms with van der Waals surface area (Å²) in [6, 6.07) is 6.65. The monoisotopic (exact) mass is 483 g/mol. The maximum Gasteiger partial charge on any atom is 0.229 e. The number of benzene rings is 1. The third-order valence-corrected chi connectivity index (χ3v) is 5.59. The van der Waals surface area contributed by atoms with Crippen LogP contribution in [0.5, 0.6) is 0 Å². The molecule has 0 saturated heterocycles. The smallest absolute Gasteiger partial charge is 0.229 e. The molecule has 10 heteroatoms. The molecule has 3 N–H and O–H groups in total. The molecule has 0 bridgehead atoms. The molecule has 0 radical (unpaired) electrons. The lowest BCUT2D eigenvalue weighted by Crippen LogP contribution is -2.11. The number of rotatable bonds is 5. The number of anilines is 2. The van der Waals surface area contributed by atoms with E-state index in [1.807, 2.05) is 0 Å². The number of hydrogen-bond donors (Lipinski definition) is 2. The van der Waals surface area contributed by atoms with Gasteiger partial charge in [-0.1, -0.05) is 36.4 Å². The van der Waals surface area contributed by atoms with Gasteiger partial charge in [-0.15, -0.1) is 0 Å². The first kappa shape index (κ1) is 24.2. The summed E-state index contributed by atoms with van der Waals surface area (Å²) in [4.78, 5) is 24.8. The Hall–Kier alpha value is -3.48. The number of sulfonamides is 1. The highest BCUT2D eigenvalue weighted by Gasteiger charge is 2.15. The zero-order chi connectivity index (χ0) is 24.3. The second-order valence-electron chi connectivity index (χ2n) is 7.34. The van der Waals surface area contributed by atoms with Crippen LogP contribution in [0.15, 0.2) is 30.5 Å². The second kappa shape index (κ2) is 9.57. The molecule has 170 valence electrons. The van der Waals surface area contributed by atoms with E-state index in [1.54, 1.807) is 51.2 Å². The Labute approximate surface area is 197 Å². The Balaban J connectivity index is 2.09. The summed E-state index contributed by atoms with van der Waals surface area (Å²) in [6.07, 6.45) is 2.96. The van der Waals surface area contributed by atoms with Gasteiger partial charge in [0.15, 0.2) is 5.78 Å². The van der Waals surface area contributed by atoms with E-state index in [2.05, 4.69) is 31.5 Å². The van der Waals surface area contributed by atoms with Gasteiger partial charge in [-0.05, 0) is 32.0 Å². The third-order valence-electron chi connectivity index (χ3n) is 4.69. The normalized spacial score (nSPS) is 10.9. The van der Waals surface area contributed by atoms with Gasteiger partial charge < -0.3 is 5.73 Å². The maximum absolute atomic E-state index is 12.1. The molecule has 0 amide bonds. The summed E-state index contributed by atoms with van der Waals surface area (Å²) in [6.45, 7) is 5.22. The molecule has 0 aliphatic heterocycles. The van der Waals surface area contributed by atoms with E-state index in [0.717, 1.165) is 6.26 Å². The number of nitrogens with one attached hydrogen (secondary N) is 1. The lowest BCUT2D eigenvalue weighted by Gasteiger charge is -2.10. The minimum Gasteiger partial charge on any atom is -0.368 e. The van der Waals surface area contributed by atoms with Crippen LogP contribution in [-0.2, 0) is 10.0 Å². The molecule has 2 aromatic heterocycles. The quantitative estimate of drug-likeness (QED) is 0.417. The number of ketones is 1. The van der Waals surface area contributed by atoms with E-state index in [4.69, 9.17) is 17.3 Å². The number of aryl methyl sites for hydroxylation is 2. The second-order valence-corrected chi connectivity index (χ2v) is 9.50. The Kier molecular flexibility index (Phi) is 7.01. The van der Waals surface area contributed by atoms with Gasteiger partial charge in [0.1, 0.15) is 0 Å². The molecule has 0 atom stereocenters. The Morgan fingerprint density at radius 2 is 1.88 bits per heavy atom. The van der Waals surface area contributed by atoms with Gasteiger partial charge in [0.2, 0.25) is 16.0 Å². The van der Waals surface area contributed by atoms with Crippen molar-refractivity contribution in [2.75, 3.05) is 16.7 Å². The molecule has 33 heavy (non-hydrogen) atoms. The highest BCUT2D eigenvalue weighted by atomic mass is 35.5. The number of pyridine rings is 1. The number of carbonyl (C=O) groups is 1. The highest BCUT2D eigenvalue weighted by Crippen LogP contribution is 2.29. The molecule has 0 spiro atoms. The van der Waals surface area contributed by atoms with E-state index in [9.17, 15) is 13.2 Å². The molecule has 3 aromatic rings. The van der Waals surface area contributed by atoms with Crippen LogP contribution in [0, 0.1) is 25.7 Å². The zero-order valence-electron chi connectivity index (χ0n) is 18.5. The lowest BCUT2D eigenvalue weighted by molar-refractivity contribution is 0.0988. The molecule has 0 unspecified atom stereocenters. The van der Waals surface area contributed by atoms with Gasteiger partial charge in [0.25, 0.3) is 0 Å². The van der Waals surface area contributed by atoms with Gasteiger partial charge in [0.05, 0.1) is 39.6 Å². The van der Waals surface area contributed by atoms with Crippen LogP contribution in [-0.4, -0.2) is 35.4 Å². The topological polar surface area (TPSA) is 128 Å². The number of aromatic nitrogens is 3. The molecule has 8 nitrogen and oxygen atoms in total. The maximum atomic E-state index is 12.1. The molecule has 0 fully saturated rings. The molecule has 0 saturated carbocycles. The number of hydrogen-bond acceptors (Lipinski definition) is 7. The number of Topliss-reactive ketones (excluding diaryl/α,β-unsaturated/α-hetero) is 1. The van der Waals surface area contributed by atoms with E-state index in [-0.39, 0.29) is 11.7 Å². The molecular formula is C23H22ClN5O3S. The summed E-state index contributed by atoms with van der Waals surface area (Å²) < 4.78 is 25.6. The van der Waals surface area contributed by atoms with E-state index < -0.39 is 10.0 Å². The van der Waals surface area contributed by atoms with Gasteiger partial charge >= 0.3 is 0 Å². The van der Waals surface area contributed by atoms with Crippen molar-refractivity contribution >= 4 is 39.0 Å². The fourth-order valence-corrected chi connectivity index (χ4v) is 3.96. The predicted octanol–water partition coefficient (Wildman–Crippen LogP) is 3.76. The first-order valence-corrected chi connectivity index (χ1v) is 12.2. The van der Waals surface area contributed by atoms with Crippen LogP contribution in [0.25, 0.3) is 11.3 Å². The average Bonchev–Trinajstić information content (AvgIpc) is 2.73. The SMILES string of the molecule is CCC(=O)c1ccc(-c2nc(N)nc(C)c2C#Cc2cnc(C)c(NS(C)(=O)=O)c2)cc1Cl. The van der Waals surface area contributed by atoms with Crippen molar-refractivity contribution in [3.05, 3.63) is 63.6 Å². The molecule has 0 aliphatic carbocycles. The number of halogens is 1. The summed E-state index contributed by atoms with van der Waals surface area (Å²) in [5.41, 5.74) is 9.86. The Morgan fingerprint density at radius 1 is 1.15 bits per heavy atom. The van der Waals surface area contributed by atoms with Crippen molar-refractivity contribution in [1.29, 1.82) is 0 Å². The van der Waals surface area contributed by atoms with Crippen molar-refractivity contribution in [1.82, 2.24) is 15.0 Å². The van der Waals surface area contributed by atoms with Gasteiger partial charge in [-0.3, -0.25) is 14.5 Å². The number of nitrogens with two attached hydrogens (primary N) is 1. The van der Waals surface area contributed by atoms with Crippen LogP contribution >= 0.6 is 11.6 Å². The standard InChI is InChI=1S/C23H22ClN5O3S/c1-5-21(30)18-9-7-16(11-19(18)24)22-17(13(2)27-23(25)28-22)8-6-15-10-20(14(3)26-12-15)29-33(4,31)32/h7,9-12,29H,5H2,1-4H3,(H2,25,27,28). The summed E-state index contributed by atoms with van der Waals surface area (Å²) >= 11 is 6.35. The van der Waals surface area contributed by atoms with Gasteiger partial charge in [0, 0.05) is 29.3 Å². The molecular weight excluding hydrogens is 462 g/mol. The van der Waals surface area contributed by atoms with Crippen LogP contribution in [0.2, 0.25) is 5.02 Å². The zero-order valence-corrected chi connectivity index (χ0v) is 20.1. The first-order valence-electron chi connectivity index (χ1n) is 9.92. The largest absolute Gasteiger partial charge is 0.368 e. The van der Waals surface area contributed by atoms with Crippen LogP contribution in [0.3, 0.4) is 0 Å². The summed E-state index contributed by atoms with van der Waals surface area (Å²) in [5.74, 6) is 6.04. The third kappa shape index (κ3) is 5.86. The van der Waals surface area contributed by atoms with Crippen LogP contribution < -0.4 is 10.5 Å². The number of nitrogen functional groups attached to an aromatic ring is 1. The molecule has 3 rings (SSSR count). The molecule has 0 aliphatic rings. The van der Waals surface area contributed by atoms with Crippen LogP contribution in [0.4, 0.5) is 11.6 Å². The van der Waals surface area contributed by atoms with E-state index in [1.165, 1.54) is 0 Å². The van der Waals surface area contributed by atoms with Crippen LogP contribution in [0.1, 0.15) is 46.2 Å². The fraction of sp³-hybridized carbons (Fsp3) is 0.217. The Morgan fingerprint density at radius 3 is 2.52 bits per heavy atom. The van der Waals surface area contributed by atoms with Crippen molar-refractivity contribution in [2.24, 2.45) is 0 Å². The minimum atomic E-state index is -3.46. The lowest BCUT2D eigenvalue weighted by atomic mass is 10.0. The summed E-state index contributed by atoms with van der Waals surface area (Å²) in [7, 11) is -3.46. The van der Waals surface area contributed by atoms with Crippen molar-refractivity contribution in [3.63, 3.8) is 0 Å². The average molecular weight is 484 g/mol. The number of nitrogens with zero attached hydrogens (tertiary/aromatic N) is 3. The van der Waals surface area contributed by atoms with E-state index >= 15 is 0 Å². The minimum absolute atomic E-state index is 0.0599. The molecule has 1 aromatic carbocycles. The van der Waals surface area contributed by atoms with Gasteiger partial charge in [-0.2, -0.15) is 0 Å². The van der Waals surface area contributed by atoms with Crippen molar-refractivity contribution in [3.8, 4) is 23.1 Å². The molecule has 2 heterocycles. The van der Waals surface area contributed by atoms with Gasteiger partial charge in [-0.25, -0.2) is 18.4 Å². The Bertz CT molecular complexity index is 1430. The van der Waals surface area contributed by atoms with E-state index in [0.29, 0.717) is 56.5 Å². The predicted molar refractivity (Wildman–Crippen MR) is 130 cm³/mol. The van der Waals surface area contributed by atoms with Crippen molar-refractivity contribution in [2.45, 2.75) is 27.2 Å².